The molecule has 0 atom stereocenters. The number of halogens is 2. The van der Waals surface area contributed by atoms with Crippen molar-refractivity contribution >= 4 is 24.8 Å². The minimum Gasteiger partial charge on any atom is -0.213 e. The average molecular weight is 214 g/mol. The van der Waals surface area contributed by atoms with E-state index >= 15 is 0 Å². The molecule has 0 radical (unpaired) electrons. The van der Waals surface area contributed by atoms with Gasteiger partial charge < -0.3 is 0 Å². The second-order valence-corrected chi connectivity index (χ2v) is 1.65. The van der Waals surface area contributed by atoms with Crippen LogP contribution < -0.4 is 0 Å². The normalized spacial score (nSPS) is 6.50. The van der Waals surface area contributed by atoms with Crippen molar-refractivity contribution in [1.29, 1.82) is 0 Å². The Morgan fingerprint density at radius 3 is 2.20 bits per heavy atom. The Labute approximate surface area is 89.5 Å². The van der Waals surface area contributed by atoms with Gasteiger partial charge in [0.2, 0.25) is 0 Å². The van der Waals surface area contributed by atoms with Crippen LogP contribution in [0.3, 0.4) is 0 Å². The molecule has 0 saturated carbocycles. The second-order valence-electron chi connectivity index (χ2n) is 1.65. The third-order valence-electron chi connectivity index (χ3n) is 1.14. The van der Waals surface area contributed by atoms with Crippen LogP contribution >= 0.6 is 24.8 Å². The Morgan fingerprint density at radius 2 is 2.00 bits per heavy atom. The molecule has 0 bridgehead atoms. The topological polar surface area (TPSA) is 0 Å². The maximum atomic E-state index is 2.16. The van der Waals surface area contributed by atoms with Crippen molar-refractivity contribution in [2.75, 3.05) is 0 Å². The van der Waals surface area contributed by atoms with Crippen molar-refractivity contribution in [1.82, 2.24) is 0 Å². The average Bonchev–Trinajstić information content (AvgIpc) is 2.14. The number of rotatable bonds is 1. The van der Waals surface area contributed by atoms with Gasteiger partial charge >= 0.3 is 0 Å². The maximum Gasteiger partial charge on any atom is 0 e. The molecule has 0 aliphatic carbocycles. The number of hydrogen-bond acceptors (Lipinski definition) is 0. The minimum absolute atomic E-state index is 0. The molecule has 0 nitrogen and oxygen atoms in total. The quantitative estimate of drug-likeness (QED) is 0.498. The van der Waals surface area contributed by atoms with Gasteiger partial charge in [-0.3, -0.25) is 0 Å². The first-order chi connectivity index (χ1) is 3.43. The molecule has 0 amide bonds. The molecule has 0 N–H and O–H groups in total. The number of hydrogen-bond donors (Lipinski definition) is 0. The Hall–Kier alpha value is 0.644. The van der Waals surface area contributed by atoms with Crippen LogP contribution in [0, 0.1) is 0 Å². The Balaban J connectivity index is -0.000000163. The van der Waals surface area contributed by atoms with Crippen molar-refractivity contribution in [3.8, 4) is 0 Å². The van der Waals surface area contributed by atoms with E-state index in [1.54, 1.807) is 0 Å². The zero-order valence-corrected chi connectivity index (χ0v) is 9.03. The molecule has 58 valence electrons. The zero-order valence-electron chi connectivity index (χ0n) is 5.83. The molecule has 1 aromatic rings. The summed E-state index contributed by atoms with van der Waals surface area (Å²) in [6, 6.07) is 8.41. The first-order valence-electron chi connectivity index (χ1n) is 2.64. The van der Waals surface area contributed by atoms with Gasteiger partial charge in [-0.2, -0.15) is 17.7 Å². The van der Waals surface area contributed by atoms with Crippen LogP contribution in [0.4, 0.5) is 0 Å². The van der Waals surface area contributed by atoms with Crippen LogP contribution in [0.1, 0.15) is 12.5 Å². The molecular formula is C7H11Cl2Ti-. The van der Waals surface area contributed by atoms with Gasteiger partial charge in [0, 0.05) is 21.7 Å². The van der Waals surface area contributed by atoms with E-state index in [2.05, 4.69) is 31.2 Å². The van der Waals surface area contributed by atoms with Crippen molar-refractivity contribution in [3.05, 3.63) is 29.8 Å². The van der Waals surface area contributed by atoms with Crippen LogP contribution in [0.5, 0.6) is 0 Å². The van der Waals surface area contributed by atoms with Crippen LogP contribution in [0.2, 0.25) is 0 Å². The van der Waals surface area contributed by atoms with Crippen molar-refractivity contribution in [2.24, 2.45) is 0 Å². The molecule has 10 heavy (non-hydrogen) atoms. The maximum absolute atomic E-state index is 2.16. The zero-order chi connectivity index (χ0) is 5.11. The molecule has 1 aromatic carbocycles. The van der Waals surface area contributed by atoms with Crippen LogP contribution in [-0.2, 0) is 28.1 Å². The summed E-state index contributed by atoms with van der Waals surface area (Å²) in [5.41, 5.74) is 1.43. The summed E-state index contributed by atoms with van der Waals surface area (Å²) < 4.78 is 0. The molecule has 1 rings (SSSR count). The van der Waals surface area contributed by atoms with E-state index in [0.29, 0.717) is 0 Å². The van der Waals surface area contributed by atoms with Crippen LogP contribution in [0.25, 0.3) is 0 Å². The molecular weight excluding hydrogens is 203 g/mol. The largest absolute Gasteiger partial charge is 0.213 e. The molecule has 3 heteroatoms. The second kappa shape index (κ2) is 9.64. The fourth-order valence-corrected chi connectivity index (χ4v) is 0.650. The summed E-state index contributed by atoms with van der Waals surface area (Å²) in [6.07, 6.45) is 1.16. The standard InChI is InChI=1S/C7H9.2ClH.Ti/c1-2-7-5-3-4-6-7;;;/h3-6H,2H2,1H3;2*1H;/q-1;;;. The molecule has 0 aromatic heterocycles. The summed E-state index contributed by atoms with van der Waals surface area (Å²) in [5.74, 6) is 0. The van der Waals surface area contributed by atoms with Gasteiger partial charge in [-0.1, -0.05) is 13.3 Å². The van der Waals surface area contributed by atoms with Crippen molar-refractivity contribution in [2.45, 2.75) is 13.3 Å². The van der Waals surface area contributed by atoms with E-state index in [9.17, 15) is 0 Å². The minimum atomic E-state index is 0. The van der Waals surface area contributed by atoms with Crippen molar-refractivity contribution in [3.63, 3.8) is 0 Å². The van der Waals surface area contributed by atoms with Gasteiger partial charge in [-0.15, -0.1) is 24.8 Å². The monoisotopic (exact) mass is 213 g/mol. The summed E-state index contributed by atoms with van der Waals surface area (Å²) in [7, 11) is 0. The van der Waals surface area contributed by atoms with Gasteiger partial charge in [0.15, 0.2) is 0 Å². The van der Waals surface area contributed by atoms with Gasteiger partial charge in [-0.25, -0.2) is 12.1 Å². The molecule has 0 fully saturated rings. The van der Waals surface area contributed by atoms with Crippen molar-refractivity contribution < 1.29 is 21.7 Å². The SMILES string of the molecule is CCc1ccc[cH-]1.Cl.Cl.[Ti]. The predicted octanol–water partition coefficient (Wildman–Crippen LogP) is 2.81. The van der Waals surface area contributed by atoms with Gasteiger partial charge in [0.25, 0.3) is 0 Å². The molecule has 0 aliphatic heterocycles. The Morgan fingerprint density at radius 1 is 1.40 bits per heavy atom. The Kier molecular flexibility index (Phi) is 16.3. The smallest absolute Gasteiger partial charge is 0 e. The van der Waals surface area contributed by atoms with E-state index in [1.807, 2.05) is 0 Å². The van der Waals surface area contributed by atoms with Gasteiger partial charge in [0.1, 0.15) is 0 Å². The van der Waals surface area contributed by atoms with Crippen LogP contribution in [0.15, 0.2) is 24.3 Å². The predicted molar refractivity (Wildman–Crippen MR) is 45.9 cm³/mol. The molecule has 0 saturated heterocycles. The van der Waals surface area contributed by atoms with E-state index in [1.165, 1.54) is 5.56 Å². The van der Waals surface area contributed by atoms with E-state index in [0.717, 1.165) is 6.42 Å². The van der Waals surface area contributed by atoms with Gasteiger partial charge in [0.05, 0.1) is 0 Å². The van der Waals surface area contributed by atoms with E-state index < -0.39 is 0 Å². The first kappa shape index (κ1) is 16.9. The van der Waals surface area contributed by atoms with E-state index in [4.69, 9.17) is 0 Å². The number of aryl methyl sites for hydroxylation is 1. The van der Waals surface area contributed by atoms with Gasteiger partial charge in [-0.05, 0) is 0 Å². The fourth-order valence-electron chi connectivity index (χ4n) is 0.650. The summed E-state index contributed by atoms with van der Waals surface area (Å²) >= 11 is 0. The fraction of sp³-hybridized carbons (Fsp3) is 0.286. The molecule has 0 spiro atoms. The van der Waals surface area contributed by atoms with E-state index in [-0.39, 0.29) is 46.5 Å². The molecule has 0 unspecified atom stereocenters. The third-order valence-corrected chi connectivity index (χ3v) is 1.14. The first-order valence-corrected chi connectivity index (χ1v) is 2.64. The third kappa shape index (κ3) is 5.43. The summed E-state index contributed by atoms with van der Waals surface area (Å²) in [6.45, 7) is 2.16. The molecule has 0 heterocycles. The molecule has 0 aliphatic rings. The Bertz CT molecular complexity index is 126. The summed E-state index contributed by atoms with van der Waals surface area (Å²) in [4.78, 5) is 0. The van der Waals surface area contributed by atoms with Crippen LogP contribution in [-0.4, -0.2) is 0 Å². The summed E-state index contributed by atoms with van der Waals surface area (Å²) in [5, 5.41) is 0.